The Morgan fingerprint density at radius 3 is 2.64 bits per heavy atom. The molecular formula is C42H46ClN9O4. The first kappa shape index (κ1) is 36.3. The zero-order valence-electron chi connectivity index (χ0n) is 31.4. The van der Waals surface area contributed by atoms with Gasteiger partial charge in [0.05, 0.1) is 30.1 Å². The van der Waals surface area contributed by atoms with E-state index in [0.717, 1.165) is 66.6 Å². The van der Waals surface area contributed by atoms with Gasteiger partial charge < -0.3 is 20.7 Å². The Hall–Kier alpha value is -5.40. The monoisotopic (exact) mass is 775 g/mol. The lowest BCUT2D eigenvalue weighted by Crippen LogP contribution is -2.48. The standard InChI is InChI=1S/C42H46ClN9O4/c1-45-34-18-37(49-52-36(39(44)54)22-47-40(34)52)51-14-11-29-28(3-2-4-35(29)51)33-9-5-25(21-46-33)23-50-15-12-42(13-16-50)19-26(20-42)24-56-27-6-8-32(43)31(17-27)30-7-10-38(53)48-41(30)55/h2-6,8-9,17-18,21-22,26,30,37,45,49H,7,10-16,19-20,23-24H2,1H3,(H2,44,54)(H,48,53,55). The zero-order valence-corrected chi connectivity index (χ0v) is 32.1. The van der Waals surface area contributed by atoms with Crippen molar-refractivity contribution in [1.82, 2.24) is 30.2 Å². The molecule has 2 unspecified atom stereocenters. The Balaban J connectivity index is 0.775. The highest BCUT2D eigenvalue weighted by atomic mass is 35.5. The second-order valence-corrected chi connectivity index (χ2v) is 16.3. The third-order valence-corrected chi connectivity index (χ3v) is 12.8. The number of pyridine rings is 1. The number of nitrogens with one attached hydrogen (secondary N) is 3. The van der Waals surface area contributed by atoms with Crippen LogP contribution in [0, 0.1) is 11.3 Å². The third-order valence-electron chi connectivity index (χ3n) is 12.4. The number of halogens is 1. The van der Waals surface area contributed by atoms with Crippen molar-refractivity contribution in [1.29, 1.82) is 0 Å². The predicted molar refractivity (Wildman–Crippen MR) is 213 cm³/mol. The summed E-state index contributed by atoms with van der Waals surface area (Å²) >= 11 is 6.45. The molecule has 5 aliphatic rings. The Morgan fingerprint density at radius 1 is 1.05 bits per heavy atom. The zero-order chi connectivity index (χ0) is 38.6. The molecule has 1 spiro atoms. The fourth-order valence-corrected chi connectivity index (χ4v) is 9.74. The summed E-state index contributed by atoms with van der Waals surface area (Å²) in [6.07, 6.45) is 11.8. The third kappa shape index (κ3) is 6.76. The number of fused-ring (bicyclic) bond motifs is 2. The van der Waals surface area contributed by atoms with Crippen molar-refractivity contribution < 1.29 is 19.1 Å². The van der Waals surface area contributed by atoms with Crippen LogP contribution in [0.5, 0.6) is 5.75 Å². The molecule has 290 valence electrons. The minimum Gasteiger partial charge on any atom is -0.493 e. The first-order valence-electron chi connectivity index (χ1n) is 19.5. The van der Waals surface area contributed by atoms with Crippen molar-refractivity contribution in [2.75, 3.05) is 43.6 Å². The number of nitrogens with two attached hydrogens (primary N) is 1. The van der Waals surface area contributed by atoms with Crippen molar-refractivity contribution in [3.05, 3.63) is 100 Å². The summed E-state index contributed by atoms with van der Waals surface area (Å²) in [6, 6.07) is 16.3. The topological polar surface area (TPSA) is 160 Å². The number of nitrogens with zero attached hydrogens (tertiary/aromatic N) is 5. The van der Waals surface area contributed by atoms with E-state index in [0.29, 0.717) is 47.3 Å². The maximum atomic E-state index is 12.4. The molecule has 0 radical (unpaired) electrons. The summed E-state index contributed by atoms with van der Waals surface area (Å²) in [5, 5.41) is 6.16. The summed E-state index contributed by atoms with van der Waals surface area (Å²) in [7, 11) is 1.85. The Labute approximate surface area is 330 Å². The first-order valence-corrected chi connectivity index (χ1v) is 19.9. The highest BCUT2D eigenvalue weighted by Gasteiger charge is 2.46. The number of ether oxygens (including phenoxy) is 1. The molecule has 2 aromatic carbocycles. The van der Waals surface area contributed by atoms with E-state index in [4.69, 9.17) is 27.1 Å². The SMILES string of the molecule is CNC1=CC(N2CCc3c(-c4ccc(CN5CCC6(CC5)CC(COc5ccc(Cl)c(C7CCC(=O)NC7=O)c5)C6)cn4)cccc32)Nn2c(C(N)=O)cnc21. The second kappa shape index (κ2) is 14.6. The average Bonchev–Trinajstić information content (AvgIpc) is 3.83. The van der Waals surface area contributed by atoms with Crippen LogP contribution in [-0.2, 0) is 22.6 Å². The van der Waals surface area contributed by atoms with Crippen molar-refractivity contribution in [2.24, 2.45) is 17.1 Å². The summed E-state index contributed by atoms with van der Waals surface area (Å²) in [4.78, 5) is 50.4. The number of hydrogen-bond donors (Lipinski definition) is 4. The molecule has 1 aliphatic carbocycles. The minimum atomic E-state index is -0.536. The summed E-state index contributed by atoms with van der Waals surface area (Å²) in [5.74, 6) is 0.356. The van der Waals surface area contributed by atoms with Crippen molar-refractivity contribution in [3.63, 3.8) is 0 Å². The Kier molecular flexibility index (Phi) is 9.45. The van der Waals surface area contributed by atoms with Crippen LogP contribution >= 0.6 is 11.6 Å². The van der Waals surface area contributed by atoms with Crippen LogP contribution in [-0.4, -0.2) is 76.7 Å². The van der Waals surface area contributed by atoms with Gasteiger partial charge in [-0.25, -0.2) is 9.66 Å². The Morgan fingerprint density at radius 2 is 1.89 bits per heavy atom. The number of amides is 3. The number of carbonyl (C=O) groups is 3. The molecule has 3 amide bonds. The van der Waals surface area contributed by atoms with Crippen LogP contribution in [0.25, 0.3) is 17.0 Å². The van der Waals surface area contributed by atoms with E-state index in [1.54, 1.807) is 10.7 Å². The van der Waals surface area contributed by atoms with Gasteiger partial charge >= 0.3 is 0 Å². The van der Waals surface area contributed by atoms with Gasteiger partial charge in [-0.15, -0.1) is 0 Å². The molecule has 5 N–H and O–H groups in total. The van der Waals surface area contributed by atoms with Gasteiger partial charge in [0.2, 0.25) is 11.8 Å². The molecule has 4 aliphatic heterocycles. The van der Waals surface area contributed by atoms with Gasteiger partial charge in [-0.3, -0.25) is 35.0 Å². The number of rotatable bonds is 10. The van der Waals surface area contributed by atoms with Gasteiger partial charge in [0.1, 0.15) is 17.6 Å². The van der Waals surface area contributed by atoms with E-state index in [1.807, 2.05) is 25.4 Å². The van der Waals surface area contributed by atoms with Crippen molar-refractivity contribution in [3.8, 4) is 17.0 Å². The molecule has 1 saturated carbocycles. The van der Waals surface area contributed by atoms with Crippen LogP contribution in [0.1, 0.15) is 77.4 Å². The number of imide groups is 1. The molecule has 0 bridgehead atoms. The lowest BCUT2D eigenvalue weighted by atomic mass is 9.58. The summed E-state index contributed by atoms with van der Waals surface area (Å²) in [5.41, 5.74) is 17.1. The number of imidazole rings is 1. The second-order valence-electron chi connectivity index (χ2n) is 15.9. The van der Waals surface area contributed by atoms with Crippen LogP contribution in [0.4, 0.5) is 5.69 Å². The molecule has 2 saturated heterocycles. The van der Waals surface area contributed by atoms with Crippen LogP contribution < -0.4 is 31.4 Å². The number of benzene rings is 2. The van der Waals surface area contributed by atoms with Gasteiger partial charge in [-0.1, -0.05) is 29.8 Å². The molecule has 9 rings (SSSR count). The van der Waals surface area contributed by atoms with E-state index < -0.39 is 11.8 Å². The molecular weight excluding hydrogens is 730 g/mol. The van der Waals surface area contributed by atoms with Crippen LogP contribution in [0.2, 0.25) is 5.02 Å². The molecule has 4 aromatic rings. The number of hydrogen-bond acceptors (Lipinski definition) is 10. The van der Waals surface area contributed by atoms with Crippen molar-refractivity contribution in [2.45, 2.75) is 63.6 Å². The minimum absolute atomic E-state index is 0.205. The van der Waals surface area contributed by atoms with Crippen LogP contribution in [0.15, 0.2) is 67.0 Å². The van der Waals surface area contributed by atoms with E-state index in [2.05, 4.69) is 67.3 Å². The average molecular weight is 776 g/mol. The summed E-state index contributed by atoms with van der Waals surface area (Å²) in [6.45, 7) is 4.50. The largest absolute Gasteiger partial charge is 0.493 e. The molecule has 6 heterocycles. The van der Waals surface area contributed by atoms with E-state index >= 15 is 0 Å². The Bertz CT molecular complexity index is 2220. The molecule has 14 heteroatoms. The number of aromatic nitrogens is 3. The highest BCUT2D eigenvalue weighted by molar-refractivity contribution is 6.31. The lowest BCUT2D eigenvalue weighted by Gasteiger charge is -2.52. The number of anilines is 1. The van der Waals surface area contributed by atoms with E-state index in [1.165, 1.54) is 43.0 Å². The van der Waals surface area contributed by atoms with E-state index in [-0.39, 0.29) is 18.0 Å². The maximum absolute atomic E-state index is 12.4. The van der Waals surface area contributed by atoms with Gasteiger partial charge in [0.15, 0.2) is 5.82 Å². The fourth-order valence-electron chi connectivity index (χ4n) is 9.49. The number of carbonyl (C=O) groups excluding carboxylic acids is 3. The van der Waals surface area contributed by atoms with Gasteiger partial charge in [-0.2, -0.15) is 0 Å². The number of piperidine rings is 2. The number of likely N-dealkylation sites (tertiary alicyclic amines) is 1. The fraction of sp³-hybridized carbons (Fsp3) is 0.405. The van der Waals surface area contributed by atoms with Gasteiger partial charge in [0.25, 0.3) is 5.91 Å². The maximum Gasteiger partial charge on any atom is 0.268 e. The smallest absolute Gasteiger partial charge is 0.268 e. The predicted octanol–water partition coefficient (Wildman–Crippen LogP) is 4.80. The summed E-state index contributed by atoms with van der Waals surface area (Å²) < 4.78 is 7.89. The molecule has 2 atom stereocenters. The molecule has 3 fully saturated rings. The highest BCUT2D eigenvalue weighted by Crippen LogP contribution is 2.53. The first-order chi connectivity index (χ1) is 27.2. The van der Waals surface area contributed by atoms with Gasteiger partial charge in [0, 0.05) is 49.0 Å². The normalized spacial score (nSPS) is 21.8. The molecule has 56 heavy (non-hydrogen) atoms. The van der Waals surface area contributed by atoms with Gasteiger partial charge in [-0.05, 0) is 116 Å². The molecule has 2 aromatic heterocycles. The van der Waals surface area contributed by atoms with Crippen molar-refractivity contribution >= 4 is 40.7 Å². The number of primary amides is 1. The van der Waals surface area contributed by atoms with Crippen LogP contribution in [0.3, 0.4) is 0 Å². The van der Waals surface area contributed by atoms with E-state index in [9.17, 15) is 14.4 Å². The lowest BCUT2D eigenvalue weighted by molar-refractivity contribution is -0.134. The molecule has 13 nitrogen and oxygen atoms in total. The quantitative estimate of drug-likeness (QED) is 0.165.